The number of ketones is 1. The minimum atomic E-state index is -0.373. The fourth-order valence-corrected chi connectivity index (χ4v) is 3.40. The summed E-state index contributed by atoms with van der Waals surface area (Å²) in [5.74, 6) is 0.0887. The maximum atomic E-state index is 12.9. The molecule has 7 heteroatoms. The van der Waals surface area contributed by atoms with Crippen molar-refractivity contribution in [1.82, 2.24) is 15.2 Å². The third kappa shape index (κ3) is 4.20. The number of amidine groups is 1. The molecule has 2 heterocycles. The molecule has 0 spiro atoms. The number of amides is 1. The SMILES string of the molecule is CCOc1cc2c(nc1C(=O)NC)C(=N)N(CC(=O)c1cccc(C(C)(C)C)c1)C2. The minimum absolute atomic E-state index is 0.0528. The second-order valence-corrected chi connectivity index (χ2v) is 8.31. The Morgan fingerprint density at radius 2 is 2.00 bits per heavy atom. The van der Waals surface area contributed by atoms with Crippen molar-refractivity contribution in [2.45, 2.75) is 39.7 Å². The van der Waals surface area contributed by atoms with Gasteiger partial charge in [-0.25, -0.2) is 4.98 Å². The highest BCUT2D eigenvalue weighted by molar-refractivity contribution is 6.05. The molecular weight excluding hydrogens is 380 g/mol. The van der Waals surface area contributed by atoms with E-state index in [-0.39, 0.29) is 35.2 Å². The smallest absolute Gasteiger partial charge is 0.273 e. The van der Waals surface area contributed by atoms with E-state index < -0.39 is 0 Å². The van der Waals surface area contributed by atoms with Crippen LogP contribution in [0.5, 0.6) is 5.75 Å². The molecule has 1 aliphatic rings. The van der Waals surface area contributed by atoms with Gasteiger partial charge in [0.05, 0.1) is 13.2 Å². The Labute approximate surface area is 177 Å². The van der Waals surface area contributed by atoms with E-state index in [1.54, 1.807) is 17.0 Å². The number of nitrogens with zero attached hydrogens (tertiary/aromatic N) is 2. The number of carbonyl (C=O) groups excluding carboxylic acids is 2. The first-order valence-electron chi connectivity index (χ1n) is 10.0. The number of carbonyl (C=O) groups is 2. The lowest BCUT2D eigenvalue weighted by Gasteiger charge is -2.20. The number of hydrogen-bond donors (Lipinski definition) is 2. The zero-order valence-corrected chi connectivity index (χ0v) is 18.1. The largest absolute Gasteiger partial charge is 0.491 e. The highest BCUT2D eigenvalue weighted by Gasteiger charge is 2.30. The lowest BCUT2D eigenvalue weighted by Crippen LogP contribution is -2.30. The molecule has 1 aromatic heterocycles. The first-order chi connectivity index (χ1) is 14.2. The van der Waals surface area contributed by atoms with Gasteiger partial charge in [-0.15, -0.1) is 0 Å². The number of aromatic nitrogens is 1. The van der Waals surface area contributed by atoms with Gasteiger partial charge in [0, 0.05) is 24.7 Å². The molecule has 0 saturated heterocycles. The second-order valence-electron chi connectivity index (χ2n) is 8.31. The fraction of sp³-hybridized carbons (Fsp3) is 0.391. The molecule has 0 fully saturated rings. The topological polar surface area (TPSA) is 95.4 Å². The van der Waals surface area contributed by atoms with Gasteiger partial charge in [-0.05, 0) is 30.0 Å². The van der Waals surface area contributed by atoms with Crippen LogP contribution in [0.3, 0.4) is 0 Å². The second kappa shape index (κ2) is 8.26. The highest BCUT2D eigenvalue weighted by Crippen LogP contribution is 2.28. The van der Waals surface area contributed by atoms with Gasteiger partial charge in [-0.3, -0.25) is 15.0 Å². The van der Waals surface area contributed by atoms with E-state index in [1.165, 1.54) is 7.05 Å². The molecule has 2 N–H and O–H groups in total. The summed E-state index contributed by atoms with van der Waals surface area (Å²) in [5.41, 5.74) is 2.99. The molecule has 3 rings (SSSR count). The van der Waals surface area contributed by atoms with E-state index in [2.05, 4.69) is 31.1 Å². The first-order valence-corrected chi connectivity index (χ1v) is 10.0. The number of fused-ring (bicyclic) bond motifs is 1. The number of pyridine rings is 1. The predicted octanol–water partition coefficient (Wildman–Crippen LogP) is 3.16. The van der Waals surface area contributed by atoms with Crippen LogP contribution in [0.25, 0.3) is 0 Å². The van der Waals surface area contributed by atoms with Crippen LogP contribution in [0.2, 0.25) is 0 Å². The Morgan fingerprint density at radius 1 is 1.27 bits per heavy atom. The van der Waals surface area contributed by atoms with E-state index in [0.717, 1.165) is 11.1 Å². The first kappa shape index (κ1) is 21.5. The van der Waals surface area contributed by atoms with Crippen LogP contribution in [-0.2, 0) is 12.0 Å². The number of hydrogen-bond acceptors (Lipinski definition) is 5. The van der Waals surface area contributed by atoms with Crippen molar-refractivity contribution < 1.29 is 14.3 Å². The normalized spacial score (nSPS) is 13.2. The Bertz CT molecular complexity index is 1010. The maximum Gasteiger partial charge on any atom is 0.273 e. The fourth-order valence-electron chi connectivity index (χ4n) is 3.40. The quantitative estimate of drug-likeness (QED) is 0.716. The summed E-state index contributed by atoms with van der Waals surface area (Å²) >= 11 is 0. The molecule has 1 aromatic carbocycles. The van der Waals surface area contributed by atoms with E-state index in [4.69, 9.17) is 10.1 Å². The zero-order chi connectivity index (χ0) is 22.1. The van der Waals surface area contributed by atoms with Gasteiger partial charge in [0.15, 0.2) is 17.2 Å². The number of ether oxygens (including phenoxy) is 1. The van der Waals surface area contributed by atoms with Crippen LogP contribution >= 0.6 is 0 Å². The van der Waals surface area contributed by atoms with Crippen molar-refractivity contribution in [3.8, 4) is 5.75 Å². The third-order valence-corrected chi connectivity index (χ3v) is 5.10. The molecule has 7 nitrogen and oxygen atoms in total. The lowest BCUT2D eigenvalue weighted by molar-refractivity contribution is 0.0949. The van der Waals surface area contributed by atoms with E-state index in [1.807, 2.05) is 25.1 Å². The van der Waals surface area contributed by atoms with Gasteiger partial charge in [0.1, 0.15) is 11.5 Å². The maximum absolute atomic E-state index is 12.9. The van der Waals surface area contributed by atoms with E-state index in [0.29, 0.717) is 30.2 Å². The molecule has 0 radical (unpaired) electrons. The molecule has 1 aliphatic heterocycles. The molecule has 1 amide bonds. The summed E-state index contributed by atoms with van der Waals surface area (Å²) in [5, 5.41) is 11.0. The van der Waals surface area contributed by atoms with Crippen molar-refractivity contribution in [2.24, 2.45) is 0 Å². The van der Waals surface area contributed by atoms with Crippen molar-refractivity contribution >= 4 is 17.5 Å². The monoisotopic (exact) mass is 408 g/mol. The Kier molecular flexibility index (Phi) is 5.92. The van der Waals surface area contributed by atoms with Crippen LogP contribution < -0.4 is 10.1 Å². The van der Waals surface area contributed by atoms with Crippen molar-refractivity contribution in [3.63, 3.8) is 0 Å². The summed E-state index contributed by atoms with van der Waals surface area (Å²) in [7, 11) is 1.52. The van der Waals surface area contributed by atoms with Crippen LogP contribution in [0.1, 0.15) is 65.4 Å². The highest BCUT2D eigenvalue weighted by atomic mass is 16.5. The minimum Gasteiger partial charge on any atom is -0.491 e. The lowest BCUT2D eigenvalue weighted by atomic mass is 9.86. The molecule has 0 saturated carbocycles. The summed E-state index contributed by atoms with van der Waals surface area (Å²) in [4.78, 5) is 31.2. The average molecular weight is 409 g/mol. The number of nitrogens with one attached hydrogen (secondary N) is 2. The number of Topliss-reactive ketones (excluding diaryl/α,β-unsaturated/α-hetero) is 1. The van der Waals surface area contributed by atoms with Gasteiger partial charge in [0.2, 0.25) is 0 Å². The molecule has 0 bridgehead atoms. The summed E-state index contributed by atoms with van der Waals surface area (Å²) in [6.45, 7) is 9.00. The van der Waals surface area contributed by atoms with Crippen LogP contribution in [0.4, 0.5) is 0 Å². The number of rotatable bonds is 6. The molecule has 30 heavy (non-hydrogen) atoms. The standard InChI is InChI=1S/C23H28N4O3/c1-6-30-18-11-15-12-27(21(24)19(15)26-20(18)22(29)25-5)13-17(28)14-8-7-9-16(10-14)23(2,3)4/h7-11,24H,6,12-13H2,1-5H3,(H,25,29). The van der Waals surface area contributed by atoms with Crippen molar-refractivity contribution in [2.75, 3.05) is 20.2 Å². The Balaban J connectivity index is 1.84. The zero-order valence-electron chi connectivity index (χ0n) is 18.1. The molecule has 0 unspecified atom stereocenters. The predicted molar refractivity (Wildman–Crippen MR) is 116 cm³/mol. The molecule has 0 atom stereocenters. The van der Waals surface area contributed by atoms with Crippen molar-refractivity contribution in [1.29, 1.82) is 5.41 Å². The van der Waals surface area contributed by atoms with Gasteiger partial charge in [0.25, 0.3) is 5.91 Å². The molecule has 158 valence electrons. The average Bonchev–Trinajstić information content (AvgIpc) is 3.01. The Hall–Kier alpha value is -3.22. The summed E-state index contributed by atoms with van der Waals surface area (Å²) in [6.07, 6.45) is 0. The van der Waals surface area contributed by atoms with Crippen LogP contribution in [0.15, 0.2) is 30.3 Å². The summed E-state index contributed by atoms with van der Waals surface area (Å²) < 4.78 is 5.57. The van der Waals surface area contributed by atoms with Gasteiger partial charge in [-0.1, -0.05) is 39.0 Å². The van der Waals surface area contributed by atoms with E-state index in [9.17, 15) is 9.59 Å². The molecule has 2 aromatic rings. The van der Waals surface area contributed by atoms with Gasteiger partial charge >= 0.3 is 0 Å². The van der Waals surface area contributed by atoms with Crippen LogP contribution in [-0.4, -0.2) is 47.6 Å². The van der Waals surface area contributed by atoms with Gasteiger partial charge in [-0.2, -0.15) is 0 Å². The summed E-state index contributed by atoms with van der Waals surface area (Å²) in [6, 6.07) is 9.38. The number of benzene rings is 1. The Morgan fingerprint density at radius 3 is 2.63 bits per heavy atom. The van der Waals surface area contributed by atoms with Crippen LogP contribution in [0, 0.1) is 5.41 Å². The van der Waals surface area contributed by atoms with Crippen molar-refractivity contribution in [3.05, 3.63) is 58.4 Å². The molecule has 0 aliphatic carbocycles. The van der Waals surface area contributed by atoms with Gasteiger partial charge < -0.3 is 15.0 Å². The third-order valence-electron chi connectivity index (χ3n) is 5.10. The molecular formula is C23H28N4O3. The van der Waals surface area contributed by atoms with E-state index >= 15 is 0 Å².